The van der Waals surface area contributed by atoms with Crippen molar-refractivity contribution in [1.82, 2.24) is 20.4 Å². The van der Waals surface area contributed by atoms with E-state index in [1.165, 1.54) is 0 Å². The third-order valence-electron chi connectivity index (χ3n) is 7.08. The predicted molar refractivity (Wildman–Crippen MR) is 150 cm³/mol. The van der Waals surface area contributed by atoms with Crippen LogP contribution in [-0.2, 0) is 4.79 Å². The van der Waals surface area contributed by atoms with Gasteiger partial charge in [0.15, 0.2) is 5.82 Å². The summed E-state index contributed by atoms with van der Waals surface area (Å²) < 4.78 is 6.11. The standard InChI is InChI=1S/C27H36IN5O4/c1-18(2)21(24-15-25(28(3)4)32-37-24)16-33(36)14-5-7-23(33)27(35)31-22(17-34)19-8-10-20(11-9-19)26-29-12-6-13-30-26/h6,8-13,15,18,21-23,34H,5,7,14,16-17H2,1-4H3,(H,31,35)/t21-,22+,23+,33?/m1/s1. The topological polar surface area (TPSA) is 124 Å². The Hall–Kier alpha value is -2.41. The Morgan fingerprint density at radius 2 is 1.95 bits per heavy atom. The molecule has 1 saturated heterocycles. The first-order valence-electron chi connectivity index (χ1n) is 12.5. The number of benzene rings is 1. The van der Waals surface area contributed by atoms with Gasteiger partial charge >= 0.3 is 174 Å². The average molecular weight is 622 g/mol. The first kappa shape index (κ1) is 27.6. The maximum absolute atomic E-state index is 14.1. The molecule has 1 amide bonds. The summed E-state index contributed by atoms with van der Waals surface area (Å²) in [4.78, 5) is 26.3. The van der Waals surface area contributed by atoms with Crippen LogP contribution in [0, 0.1) is 14.8 Å². The molecule has 0 radical (unpaired) electrons. The van der Waals surface area contributed by atoms with E-state index in [-0.39, 0.29) is 30.9 Å². The van der Waals surface area contributed by atoms with Gasteiger partial charge in [0.1, 0.15) is 0 Å². The summed E-state index contributed by atoms with van der Waals surface area (Å²) in [6.07, 6.45) is 4.56. The molecule has 2 aromatic heterocycles. The number of halogens is 1. The molecular formula is C27H36IN5O4. The minimum absolute atomic E-state index is 0.121. The number of amides is 1. The van der Waals surface area contributed by atoms with Gasteiger partial charge < -0.3 is 0 Å². The second-order valence-corrected chi connectivity index (χ2v) is 15.5. The van der Waals surface area contributed by atoms with Gasteiger partial charge in [-0.05, 0) is 6.07 Å². The quantitative estimate of drug-likeness (QED) is 0.151. The van der Waals surface area contributed by atoms with Crippen molar-refractivity contribution in [1.29, 1.82) is 0 Å². The number of quaternary nitrogens is 1. The van der Waals surface area contributed by atoms with Crippen LogP contribution < -0.4 is 5.32 Å². The van der Waals surface area contributed by atoms with E-state index < -0.39 is 36.5 Å². The average Bonchev–Trinajstić information content (AvgIpc) is 3.54. The van der Waals surface area contributed by atoms with Crippen molar-refractivity contribution in [3.05, 3.63) is 69.0 Å². The van der Waals surface area contributed by atoms with Crippen molar-refractivity contribution in [3.8, 4) is 11.4 Å². The van der Waals surface area contributed by atoms with Crippen molar-refractivity contribution in [3.63, 3.8) is 0 Å². The molecule has 1 fully saturated rings. The second kappa shape index (κ2) is 12.0. The van der Waals surface area contributed by atoms with Gasteiger partial charge in [0.05, 0.1) is 0 Å². The molecule has 1 aliphatic rings. The normalized spacial score (nSPS) is 21.6. The Kier molecular flexibility index (Phi) is 8.94. The summed E-state index contributed by atoms with van der Waals surface area (Å²) in [6, 6.07) is 9.85. The van der Waals surface area contributed by atoms with Crippen molar-refractivity contribution < 1.29 is 19.1 Å². The number of likely N-dealkylation sites (tertiary alicyclic amines) is 1. The Bertz CT molecular complexity index is 1170. The van der Waals surface area contributed by atoms with E-state index in [0.717, 1.165) is 20.6 Å². The third kappa shape index (κ3) is 6.36. The van der Waals surface area contributed by atoms with Crippen LogP contribution in [-0.4, -0.2) is 66.4 Å². The summed E-state index contributed by atoms with van der Waals surface area (Å²) in [5.41, 5.74) is 1.60. The first-order valence-corrected chi connectivity index (χ1v) is 17.9. The van der Waals surface area contributed by atoms with Gasteiger partial charge in [-0.15, -0.1) is 0 Å². The fraction of sp³-hybridized carbons (Fsp3) is 0.481. The molecule has 1 aromatic carbocycles. The molecule has 9 nitrogen and oxygen atoms in total. The number of carbonyl (C=O) groups excluding carboxylic acids is 1. The Balaban J connectivity index is 1.47. The number of aliphatic hydroxyl groups excluding tert-OH is 1. The molecule has 4 rings (SSSR count). The van der Waals surface area contributed by atoms with Crippen molar-refractivity contribution in [2.24, 2.45) is 5.92 Å². The molecule has 0 saturated carbocycles. The first-order chi connectivity index (χ1) is 17.7. The van der Waals surface area contributed by atoms with Crippen LogP contribution in [0.1, 0.15) is 50.0 Å². The number of hydroxylamine groups is 3. The zero-order valence-corrected chi connectivity index (χ0v) is 24.0. The molecule has 3 heterocycles. The van der Waals surface area contributed by atoms with E-state index in [1.807, 2.05) is 30.3 Å². The number of rotatable bonds is 10. The second-order valence-electron chi connectivity index (χ2n) is 10.1. The van der Waals surface area contributed by atoms with Gasteiger partial charge in [-0.1, -0.05) is 12.1 Å². The Morgan fingerprint density at radius 1 is 1.24 bits per heavy atom. The molecule has 1 unspecified atom stereocenters. The van der Waals surface area contributed by atoms with Crippen LogP contribution in [0.2, 0.25) is 0 Å². The number of carbonyl (C=O) groups is 1. The summed E-state index contributed by atoms with van der Waals surface area (Å²) in [7, 11) is 0. The fourth-order valence-electron chi connectivity index (χ4n) is 4.90. The molecule has 4 atom stereocenters. The summed E-state index contributed by atoms with van der Waals surface area (Å²) in [5.74, 6) is 1.07. The molecule has 0 bridgehead atoms. The van der Waals surface area contributed by atoms with E-state index in [9.17, 15) is 15.1 Å². The molecule has 3 aromatic rings. The molecule has 2 N–H and O–H groups in total. The van der Waals surface area contributed by atoms with Crippen LogP contribution in [0.3, 0.4) is 0 Å². The van der Waals surface area contributed by atoms with Crippen LogP contribution in [0.25, 0.3) is 11.4 Å². The molecular weight excluding hydrogens is 585 g/mol. The number of nitrogens with one attached hydrogen (secondary N) is 1. The van der Waals surface area contributed by atoms with E-state index >= 15 is 0 Å². The molecule has 37 heavy (non-hydrogen) atoms. The van der Waals surface area contributed by atoms with Crippen molar-refractivity contribution in [2.75, 3.05) is 29.6 Å². The van der Waals surface area contributed by atoms with Gasteiger partial charge in [-0.3, -0.25) is 0 Å². The third-order valence-corrected chi connectivity index (χ3v) is 9.80. The minimum atomic E-state index is -1.29. The number of aliphatic hydroxyl groups is 1. The zero-order valence-electron chi connectivity index (χ0n) is 21.8. The Morgan fingerprint density at radius 3 is 2.54 bits per heavy atom. The van der Waals surface area contributed by atoms with E-state index in [0.29, 0.717) is 25.2 Å². The maximum atomic E-state index is 14.1. The number of nitrogens with zero attached hydrogens (tertiary/aromatic N) is 4. The van der Waals surface area contributed by atoms with Gasteiger partial charge in [-0.2, -0.15) is 0 Å². The summed E-state index contributed by atoms with van der Waals surface area (Å²) in [6.45, 7) is 4.53. The van der Waals surface area contributed by atoms with Crippen molar-refractivity contribution in [2.45, 2.75) is 44.7 Å². The molecule has 1 aliphatic heterocycles. The molecule has 10 heteroatoms. The van der Waals surface area contributed by atoms with Gasteiger partial charge in [0, 0.05) is 18.0 Å². The van der Waals surface area contributed by atoms with E-state index in [1.54, 1.807) is 18.5 Å². The zero-order chi connectivity index (χ0) is 26.6. The molecule has 0 aliphatic carbocycles. The van der Waals surface area contributed by atoms with E-state index in [2.05, 4.69) is 44.1 Å². The number of hydrogen-bond donors (Lipinski definition) is 2. The molecule has 0 spiro atoms. The Labute approximate surface area is 225 Å². The van der Waals surface area contributed by atoms with Crippen LogP contribution in [0.15, 0.2) is 53.3 Å². The summed E-state index contributed by atoms with van der Waals surface area (Å²) >= 11 is -1.29. The van der Waals surface area contributed by atoms with Gasteiger partial charge in [-0.25, -0.2) is 9.97 Å². The van der Waals surface area contributed by atoms with Crippen LogP contribution >= 0.6 is 19.8 Å². The SMILES string of the molecule is CC(C)[C@@H](C[N+]1([O-])CCC[C@H]1C(=O)N[C@@H](CO)c1ccc(-c2ncccn2)cc1)c1cc(I(C)C)no1. The van der Waals surface area contributed by atoms with E-state index in [4.69, 9.17) is 4.52 Å². The van der Waals surface area contributed by atoms with Gasteiger partial charge in [0.25, 0.3) is 0 Å². The number of alkyl halides is 2. The molecule has 200 valence electrons. The monoisotopic (exact) mass is 621 g/mol. The van der Waals surface area contributed by atoms with Gasteiger partial charge in [0.2, 0.25) is 0 Å². The van der Waals surface area contributed by atoms with Crippen molar-refractivity contribution >= 4 is 25.7 Å². The van der Waals surface area contributed by atoms with Crippen LogP contribution in [0.4, 0.5) is 0 Å². The predicted octanol–water partition coefficient (Wildman–Crippen LogP) is 4.13. The number of hydrogen-bond acceptors (Lipinski definition) is 7. The number of aromatic nitrogens is 3. The summed E-state index contributed by atoms with van der Waals surface area (Å²) in [5, 5.41) is 31.3. The fourth-order valence-corrected chi connectivity index (χ4v) is 6.33. The van der Waals surface area contributed by atoms with Crippen LogP contribution in [0.5, 0.6) is 0 Å².